The zero-order chi connectivity index (χ0) is 32.4. The van der Waals surface area contributed by atoms with Crippen LogP contribution in [-0.2, 0) is 22.4 Å². The molecule has 0 aliphatic carbocycles. The van der Waals surface area contributed by atoms with E-state index in [1.807, 2.05) is 13.8 Å². The summed E-state index contributed by atoms with van der Waals surface area (Å²) in [6.45, 7) is 12.3. The maximum Gasteiger partial charge on any atom is 0.303 e. The van der Waals surface area contributed by atoms with Crippen molar-refractivity contribution in [1.82, 2.24) is 19.9 Å². The number of aromatic amines is 4. The molecule has 44 heavy (non-hydrogen) atoms. The van der Waals surface area contributed by atoms with Crippen LogP contribution in [0.3, 0.4) is 0 Å². The molecule has 0 saturated carbocycles. The summed E-state index contributed by atoms with van der Waals surface area (Å²) in [6, 6.07) is 0. The van der Waals surface area contributed by atoms with Crippen LogP contribution >= 0.6 is 63.7 Å². The first-order chi connectivity index (χ1) is 20.6. The van der Waals surface area contributed by atoms with E-state index in [1.165, 1.54) is 0 Å². The molecule has 1 aliphatic heterocycles. The summed E-state index contributed by atoms with van der Waals surface area (Å²) in [7, 11) is 0. The molecule has 232 valence electrons. The minimum atomic E-state index is -0.883. The van der Waals surface area contributed by atoms with Gasteiger partial charge in [0.25, 0.3) is 0 Å². The van der Waals surface area contributed by atoms with E-state index in [1.54, 1.807) is 0 Å². The Hall–Kier alpha value is -2.54. The van der Waals surface area contributed by atoms with Gasteiger partial charge in [0.1, 0.15) is 0 Å². The SMILES string of the molecule is Cc1c2[nH]c(c1C)C(Br)=c1[nH]c(c(CCC(=O)O)c1C)=C(Br)c1[nH]c(c(C)c1CCC(=O)O)C(Br)=c1[nH]c(c(C)c1C)=C2Br. The van der Waals surface area contributed by atoms with Crippen LogP contribution in [0.2, 0.25) is 0 Å². The second kappa shape index (κ2) is 12.3. The molecule has 12 heteroatoms. The number of aromatic nitrogens is 4. The predicted octanol–water partition coefficient (Wildman–Crippen LogP) is 5.40. The van der Waals surface area contributed by atoms with E-state index in [9.17, 15) is 19.8 Å². The van der Waals surface area contributed by atoms with Gasteiger partial charge >= 0.3 is 11.9 Å². The summed E-state index contributed by atoms with van der Waals surface area (Å²) in [6.07, 6.45) is 0.547. The molecular formula is C32H32Br4N4O4. The highest BCUT2D eigenvalue weighted by molar-refractivity contribution is 9.15. The molecular weight excluding hydrogens is 824 g/mol. The summed E-state index contributed by atoms with van der Waals surface area (Å²) in [5.41, 5.74) is 11.4. The normalized spacial score (nSPS) is 13.3. The van der Waals surface area contributed by atoms with Crippen LogP contribution in [0, 0.1) is 41.5 Å². The standard InChI is InChI=1S/C32H32Br4N4O4/c1-11-13(3)27-22(34)29-15(5)17(7-9-19(41)42)31(39-29)24(36)32-18(8-10-20(43)44)16(6)30(40-32)23(35)28-14(4)12(2)26(38-28)21(33)25(11)37-27/h37-40H,7-10H2,1-6H3,(H,41,42)(H,43,44). The maximum absolute atomic E-state index is 11.7. The fourth-order valence-corrected chi connectivity index (χ4v) is 8.98. The molecule has 0 spiro atoms. The van der Waals surface area contributed by atoms with Crippen molar-refractivity contribution in [2.24, 2.45) is 0 Å². The van der Waals surface area contributed by atoms with Gasteiger partial charge in [-0.05, 0) is 163 Å². The summed E-state index contributed by atoms with van der Waals surface area (Å²) < 4.78 is 3.24. The highest BCUT2D eigenvalue weighted by Crippen LogP contribution is 2.34. The molecule has 6 N–H and O–H groups in total. The van der Waals surface area contributed by atoms with Crippen LogP contribution < -0.4 is 21.4 Å². The van der Waals surface area contributed by atoms with Crippen LogP contribution in [0.5, 0.6) is 0 Å². The van der Waals surface area contributed by atoms with Gasteiger partial charge in [-0.25, -0.2) is 0 Å². The zero-order valence-corrected chi connectivity index (χ0v) is 31.4. The van der Waals surface area contributed by atoms with Crippen LogP contribution in [0.15, 0.2) is 0 Å². The third-order valence-electron chi connectivity index (χ3n) is 8.82. The Kier molecular flexibility index (Phi) is 9.21. The first kappa shape index (κ1) is 32.8. The number of carboxylic acids is 2. The molecule has 0 unspecified atom stereocenters. The number of H-pyrrole nitrogens is 4. The first-order valence-corrected chi connectivity index (χ1v) is 17.2. The van der Waals surface area contributed by atoms with Gasteiger partial charge in [0.15, 0.2) is 0 Å². The Morgan fingerprint density at radius 2 is 0.841 bits per heavy atom. The minimum absolute atomic E-state index is 0.0382. The van der Waals surface area contributed by atoms with E-state index in [0.717, 1.165) is 102 Å². The number of nitrogens with one attached hydrogen (secondary N) is 4. The fraction of sp³-hybridized carbons (Fsp3) is 0.312. The molecule has 1 aliphatic rings. The van der Waals surface area contributed by atoms with E-state index >= 15 is 0 Å². The van der Waals surface area contributed by atoms with Crippen molar-refractivity contribution in [2.45, 2.75) is 67.2 Å². The van der Waals surface area contributed by atoms with Crippen LogP contribution in [0.25, 0.3) is 17.9 Å². The number of carbonyl (C=O) groups is 2. The lowest BCUT2D eigenvalue weighted by atomic mass is 10.0. The van der Waals surface area contributed by atoms with Gasteiger partial charge in [0.2, 0.25) is 0 Å². The first-order valence-electron chi connectivity index (χ1n) is 14.0. The molecule has 4 aromatic rings. The number of halogens is 4. The summed E-state index contributed by atoms with van der Waals surface area (Å²) in [5, 5.41) is 22.6. The highest BCUT2D eigenvalue weighted by atomic mass is 79.9. The van der Waals surface area contributed by atoms with Gasteiger partial charge in [-0.2, -0.15) is 0 Å². The highest BCUT2D eigenvalue weighted by Gasteiger charge is 2.24. The largest absolute Gasteiger partial charge is 0.481 e. The van der Waals surface area contributed by atoms with E-state index in [2.05, 4.69) is 111 Å². The van der Waals surface area contributed by atoms with E-state index < -0.39 is 11.9 Å². The van der Waals surface area contributed by atoms with Crippen molar-refractivity contribution >= 4 is 93.6 Å². The number of hydrogen-bond acceptors (Lipinski definition) is 2. The van der Waals surface area contributed by atoms with Gasteiger partial charge in [-0.15, -0.1) is 0 Å². The predicted molar refractivity (Wildman–Crippen MR) is 188 cm³/mol. The number of carboxylic acid groups (broad SMARTS) is 2. The molecule has 5 heterocycles. The van der Waals surface area contributed by atoms with Crippen molar-refractivity contribution in [3.05, 3.63) is 88.7 Å². The van der Waals surface area contributed by atoms with Gasteiger partial charge in [0, 0.05) is 12.8 Å². The Morgan fingerprint density at radius 3 is 1.32 bits per heavy atom. The molecule has 8 nitrogen and oxygen atoms in total. The lowest BCUT2D eigenvalue weighted by Gasteiger charge is -2.05. The topological polar surface area (TPSA) is 138 Å². The molecule has 0 fully saturated rings. The average molecular weight is 856 g/mol. The smallest absolute Gasteiger partial charge is 0.303 e. The Bertz CT molecular complexity index is 2140. The Balaban J connectivity index is 2.04. The van der Waals surface area contributed by atoms with E-state index in [4.69, 9.17) is 0 Å². The summed E-state index contributed by atoms with van der Waals surface area (Å²) in [5.74, 6) is -1.77. The number of fused-ring (bicyclic) bond motifs is 8. The Morgan fingerprint density at radius 1 is 0.477 bits per heavy atom. The van der Waals surface area contributed by atoms with Gasteiger partial charge in [0.05, 0.1) is 62.1 Å². The maximum atomic E-state index is 11.7. The minimum Gasteiger partial charge on any atom is -0.481 e. The van der Waals surface area contributed by atoms with E-state index in [0.29, 0.717) is 17.3 Å². The molecule has 4 aromatic heterocycles. The molecule has 0 atom stereocenters. The van der Waals surface area contributed by atoms with E-state index in [-0.39, 0.29) is 12.8 Å². The molecule has 5 rings (SSSR count). The van der Waals surface area contributed by atoms with Crippen molar-refractivity contribution in [3.63, 3.8) is 0 Å². The molecule has 0 amide bonds. The molecule has 8 bridgehead atoms. The number of aliphatic carboxylic acids is 2. The van der Waals surface area contributed by atoms with Crippen molar-refractivity contribution in [3.8, 4) is 0 Å². The summed E-state index contributed by atoms with van der Waals surface area (Å²) in [4.78, 5) is 37.8. The van der Waals surface area contributed by atoms with Crippen molar-refractivity contribution in [1.29, 1.82) is 0 Å². The molecule has 0 aromatic carbocycles. The lowest BCUT2D eigenvalue weighted by molar-refractivity contribution is -0.138. The van der Waals surface area contributed by atoms with Gasteiger partial charge in [-0.3, -0.25) is 9.59 Å². The fourth-order valence-electron chi connectivity index (χ4n) is 5.92. The van der Waals surface area contributed by atoms with Crippen molar-refractivity contribution in [2.75, 3.05) is 0 Å². The molecule has 0 radical (unpaired) electrons. The molecule has 0 saturated heterocycles. The third kappa shape index (κ3) is 5.45. The van der Waals surface area contributed by atoms with Crippen LogP contribution in [-0.4, -0.2) is 42.1 Å². The number of rotatable bonds is 6. The number of hydrogen-bond donors (Lipinski definition) is 6. The second-order valence-corrected chi connectivity index (χ2v) is 14.4. The Labute approximate surface area is 287 Å². The van der Waals surface area contributed by atoms with Gasteiger partial charge in [-0.1, -0.05) is 0 Å². The summed E-state index contributed by atoms with van der Waals surface area (Å²) >= 11 is 15.5. The quantitative estimate of drug-likeness (QED) is 0.155. The third-order valence-corrected chi connectivity index (χ3v) is 12.0. The zero-order valence-electron chi connectivity index (χ0n) is 25.1. The van der Waals surface area contributed by atoms with Crippen molar-refractivity contribution < 1.29 is 19.8 Å². The van der Waals surface area contributed by atoms with Crippen LogP contribution in [0.1, 0.15) is 80.1 Å². The monoisotopic (exact) mass is 852 g/mol. The average Bonchev–Trinajstić information content (AvgIpc) is 3.66. The van der Waals surface area contributed by atoms with Crippen LogP contribution in [0.4, 0.5) is 0 Å². The lowest BCUT2D eigenvalue weighted by Crippen LogP contribution is -2.17. The second-order valence-electron chi connectivity index (χ2n) is 11.3. The van der Waals surface area contributed by atoms with Gasteiger partial charge < -0.3 is 30.1 Å².